The molecule has 9 heteroatoms. The topological polar surface area (TPSA) is 95.9 Å². The van der Waals surface area contributed by atoms with E-state index in [0.29, 0.717) is 6.54 Å². The maximum atomic E-state index is 9.50. The molecule has 14 heavy (non-hydrogen) atoms. The van der Waals surface area contributed by atoms with E-state index in [0.717, 1.165) is 0 Å². The summed E-state index contributed by atoms with van der Waals surface area (Å²) in [5, 5.41) is 0. The molecule has 0 fully saturated rings. The van der Waals surface area contributed by atoms with Gasteiger partial charge in [-0.3, -0.25) is 0 Å². The standard InChI is InChI=1S/C5H15NO4P2S2/c1-5(2-6)3-10-12(9,14)4-11(7,8)13/h5H,2-4,6H2,1H3,(H,9,14)(H2,7,8,13). The lowest BCUT2D eigenvalue weighted by Gasteiger charge is -2.19. The van der Waals surface area contributed by atoms with Crippen LogP contribution in [-0.2, 0) is 28.1 Å². The van der Waals surface area contributed by atoms with Crippen molar-refractivity contribution in [3.8, 4) is 0 Å². The van der Waals surface area contributed by atoms with Crippen LogP contribution in [0, 0.1) is 5.92 Å². The number of hydrogen-bond acceptors (Lipinski definition) is 4. The first-order valence-corrected chi connectivity index (χ1v) is 9.62. The highest BCUT2D eigenvalue weighted by Crippen LogP contribution is 2.55. The maximum Gasteiger partial charge on any atom is 0.195 e. The molecule has 0 aromatic rings. The van der Waals surface area contributed by atoms with Gasteiger partial charge in [0.1, 0.15) is 0 Å². The molecule has 2 unspecified atom stereocenters. The van der Waals surface area contributed by atoms with Crippen LogP contribution in [0.1, 0.15) is 6.92 Å². The van der Waals surface area contributed by atoms with Gasteiger partial charge in [-0.1, -0.05) is 6.92 Å². The average molecular weight is 279 g/mol. The van der Waals surface area contributed by atoms with Crippen LogP contribution in [0.4, 0.5) is 0 Å². The molecule has 0 radical (unpaired) electrons. The predicted molar refractivity (Wildman–Crippen MR) is 64.3 cm³/mol. The zero-order valence-electron chi connectivity index (χ0n) is 7.74. The van der Waals surface area contributed by atoms with E-state index in [-0.39, 0.29) is 12.5 Å². The van der Waals surface area contributed by atoms with Crippen LogP contribution in [0.2, 0.25) is 0 Å². The first kappa shape index (κ1) is 15.1. The fraction of sp³-hybridized carbons (Fsp3) is 1.00. The van der Waals surface area contributed by atoms with E-state index in [9.17, 15) is 4.89 Å². The Labute approximate surface area is 93.6 Å². The van der Waals surface area contributed by atoms with Crippen molar-refractivity contribution >= 4 is 36.6 Å². The minimum Gasteiger partial charge on any atom is -0.345 e. The Morgan fingerprint density at radius 3 is 2.21 bits per heavy atom. The lowest BCUT2D eigenvalue weighted by molar-refractivity contribution is 0.260. The normalized spacial score (nSPS) is 18.9. The first-order chi connectivity index (χ1) is 6.16. The van der Waals surface area contributed by atoms with Crippen molar-refractivity contribution in [2.24, 2.45) is 11.7 Å². The largest absolute Gasteiger partial charge is 0.345 e. The van der Waals surface area contributed by atoms with Crippen LogP contribution in [-0.4, -0.2) is 33.7 Å². The summed E-state index contributed by atoms with van der Waals surface area (Å²) in [4.78, 5) is 27.4. The summed E-state index contributed by atoms with van der Waals surface area (Å²) < 4.78 is 5.00. The molecule has 0 aliphatic heterocycles. The fourth-order valence-electron chi connectivity index (χ4n) is 0.585. The van der Waals surface area contributed by atoms with Crippen molar-refractivity contribution in [2.45, 2.75) is 6.92 Å². The highest BCUT2D eigenvalue weighted by Gasteiger charge is 2.23. The molecule has 0 rings (SSSR count). The smallest absolute Gasteiger partial charge is 0.195 e. The Morgan fingerprint density at radius 1 is 1.36 bits per heavy atom. The van der Waals surface area contributed by atoms with Crippen LogP contribution in [0.5, 0.6) is 0 Å². The van der Waals surface area contributed by atoms with E-state index >= 15 is 0 Å². The SMILES string of the molecule is CC(CN)COP(O)(=S)CP(O)(O)=S. The molecule has 5 N–H and O–H groups in total. The van der Waals surface area contributed by atoms with Gasteiger partial charge in [0.05, 0.1) is 12.5 Å². The highest BCUT2D eigenvalue weighted by molar-refractivity contribution is 8.18. The fourth-order valence-corrected chi connectivity index (χ4v) is 6.96. The van der Waals surface area contributed by atoms with Crippen molar-refractivity contribution in [3.05, 3.63) is 0 Å². The third-order valence-electron chi connectivity index (χ3n) is 1.33. The molecule has 0 saturated carbocycles. The molecular weight excluding hydrogens is 264 g/mol. The van der Waals surface area contributed by atoms with Crippen molar-refractivity contribution in [1.29, 1.82) is 0 Å². The number of rotatable bonds is 6. The summed E-state index contributed by atoms with van der Waals surface area (Å²) >= 11 is 9.06. The molecule has 0 aromatic heterocycles. The molecule has 0 aromatic carbocycles. The van der Waals surface area contributed by atoms with Gasteiger partial charge in [-0.15, -0.1) is 0 Å². The Balaban J connectivity index is 4.09. The highest BCUT2D eigenvalue weighted by atomic mass is 32.5. The van der Waals surface area contributed by atoms with Crippen molar-refractivity contribution in [3.63, 3.8) is 0 Å². The van der Waals surface area contributed by atoms with E-state index in [1.54, 1.807) is 0 Å². The molecule has 86 valence electrons. The van der Waals surface area contributed by atoms with Crippen LogP contribution in [0.25, 0.3) is 0 Å². The molecule has 2 atom stereocenters. The molecule has 0 heterocycles. The molecule has 0 saturated heterocycles. The quantitative estimate of drug-likeness (QED) is 0.514. The molecule has 0 spiro atoms. The predicted octanol–water partition coefficient (Wildman–Crippen LogP) is 0.151. The Kier molecular flexibility index (Phi) is 6.46. The van der Waals surface area contributed by atoms with E-state index < -0.39 is 18.9 Å². The summed E-state index contributed by atoms with van der Waals surface area (Å²) in [5.74, 6) is -0.346. The second-order valence-electron chi connectivity index (χ2n) is 3.08. The average Bonchev–Trinajstić information content (AvgIpc) is 1.96. The van der Waals surface area contributed by atoms with Crippen LogP contribution < -0.4 is 5.73 Å². The van der Waals surface area contributed by atoms with Crippen LogP contribution >= 0.6 is 13.0 Å². The van der Waals surface area contributed by atoms with E-state index in [1.807, 2.05) is 6.92 Å². The summed E-state index contributed by atoms with van der Waals surface area (Å²) in [5.41, 5.74) is 5.33. The van der Waals surface area contributed by atoms with Crippen LogP contribution in [0.15, 0.2) is 0 Å². The third-order valence-corrected chi connectivity index (χ3v) is 7.18. The van der Waals surface area contributed by atoms with Gasteiger partial charge in [0.2, 0.25) is 0 Å². The summed E-state index contributed by atoms with van der Waals surface area (Å²) in [6.07, 6.45) is 0. The Hall–Kier alpha value is 1.10. The van der Waals surface area contributed by atoms with Crippen LogP contribution in [0.3, 0.4) is 0 Å². The van der Waals surface area contributed by atoms with Crippen molar-refractivity contribution < 1.29 is 19.2 Å². The zero-order valence-corrected chi connectivity index (χ0v) is 11.2. The second kappa shape index (κ2) is 5.99. The molecule has 0 amide bonds. The summed E-state index contributed by atoms with van der Waals surface area (Å²) in [6.45, 7) is -4.18. The molecule has 0 bridgehead atoms. The molecule has 5 nitrogen and oxygen atoms in total. The minimum absolute atomic E-state index is 0.0692. The van der Waals surface area contributed by atoms with Gasteiger partial charge in [0.25, 0.3) is 0 Å². The van der Waals surface area contributed by atoms with E-state index in [4.69, 9.17) is 31.9 Å². The van der Waals surface area contributed by atoms with Gasteiger partial charge in [-0.25, -0.2) is 0 Å². The lowest BCUT2D eigenvalue weighted by atomic mass is 10.2. The van der Waals surface area contributed by atoms with Gasteiger partial charge in [0.15, 0.2) is 13.0 Å². The van der Waals surface area contributed by atoms with Gasteiger partial charge < -0.3 is 24.9 Å². The second-order valence-corrected chi connectivity index (χ2v) is 10.5. The monoisotopic (exact) mass is 279 g/mol. The number of hydrogen-bond donors (Lipinski definition) is 4. The van der Waals surface area contributed by atoms with E-state index in [1.165, 1.54) is 0 Å². The van der Waals surface area contributed by atoms with Gasteiger partial charge in [-0.05, 0) is 36.1 Å². The van der Waals surface area contributed by atoms with E-state index in [2.05, 4.69) is 11.8 Å². The molecular formula is C5H15NO4P2S2. The van der Waals surface area contributed by atoms with Gasteiger partial charge >= 0.3 is 0 Å². The molecule has 0 aliphatic carbocycles. The van der Waals surface area contributed by atoms with Gasteiger partial charge in [0, 0.05) is 0 Å². The Bertz CT molecular complexity index is 268. The zero-order chi connectivity index (χ0) is 11.4. The molecule has 0 aliphatic rings. The maximum absolute atomic E-state index is 9.50. The Morgan fingerprint density at radius 2 is 1.86 bits per heavy atom. The minimum atomic E-state index is -3.48. The van der Waals surface area contributed by atoms with Crippen molar-refractivity contribution in [1.82, 2.24) is 0 Å². The third kappa shape index (κ3) is 8.41. The first-order valence-electron chi connectivity index (χ1n) is 3.87. The van der Waals surface area contributed by atoms with Gasteiger partial charge in [-0.2, -0.15) is 0 Å². The summed E-state index contributed by atoms with van der Waals surface area (Å²) in [6, 6.07) is 0. The lowest BCUT2D eigenvalue weighted by Crippen LogP contribution is -2.16. The summed E-state index contributed by atoms with van der Waals surface area (Å²) in [7, 11) is 0. The number of nitrogens with two attached hydrogens (primary N) is 1. The van der Waals surface area contributed by atoms with Crippen molar-refractivity contribution in [2.75, 3.05) is 19.1 Å².